The first-order chi connectivity index (χ1) is 13.2. The molecule has 146 valence electrons. The highest BCUT2D eigenvalue weighted by Gasteiger charge is 2.34. The normalized spacial score (nSPS) is 11.6. The monoisotopic (exact) mass is 396 g/mol. The molecule has 0 amide bonds. The predicted octanol–water partition coefficient (Wildman–Crippen LogP) is 6.94. The van der Waals surface area contributed by atoms with E-state index in [0.717, 1.165) is 17.7 Å². The first-order valence-corrected chi connectivity index (χ1v) is 8.27. The second-order valence-electron chi connectivity index (χ2n) is 6.13. The van der Waals surface area contributed by atoms with Crippen molar-refractivity contribution < 1.29 is 31.1 Å². The lowest BCUT2D eigenvalue weighted by molar-refractivity contribution is -0.276. The van der Waals surface area contributed by atoms with E-state index >= 15 is 0 Å². The summed E-state index contributed by atoms with van der Waals surface area (Å²) >= 11 is 0. The van der Waals surface area contributed by atoms with E-state index in [2.05, 4.69) is 11.3 Å². The predicted molar refractivity (Wildman–Crippen MR) is 94.5 cm³/mol. The number of aryl methyl sites for hydroxylation is 1. The largest absolute Gasteiger partial charge is 0.573 e. The van der Waals surface area contributed by atoms with E-state index in [0.29, 0.717) is 18.4 Å². The van der Waals surface area contributed by atoms with E-state index in [1.165, 1.54) is 18.2 Å². The minimum absolute atomic E-state index is 0.0165. The molecule has 0 unspecified atom stereocenters. The van der Waals surface area contributed by atoms with Gasteiger partial charge in [-0.2, -0.15) is 0 Å². The summed E-state index contributed by atoms with van der Waals surface area (Å²) in [6.45, 7) is 3.61. The fraction of sp³-hybridized carbons (Fsp3) is 0.143. The van der Waals surface area contributed by atoms with Crippen LogP contribution in [-0.4, -0.2) is 6.36 Å². The number of fused-ring (bicyclic) bond motifs is 1. The number of alkyl halides is 3. The van der Waals surface area contributed by atoms with E-state index in [1.807, 2.05) is 0 Å². The van der Waals surface area contributed by atoms with Gasteiger partial charge in [-0.3, -0.25) is 0 Å². The Morgan fingerprint density at radius 3 is 2.32 bits per heavy atom. The topological polar surface area (TPSA) is 9.23 Å². The molecule has 3 rings (SSSR count). The van der Waals surface area contributed by atoms with Crippen LogP contribution in [0.1, 0.15) is 12.0 Å². The van der Waals surface area contributed by atoms with Crippen LogP contribution >= 0.6 is 0 Å². The third-order valence-corrected chi connectivity index (χ3v) is 4.19. The molecule has 0 aromatic heterocycles. The van der Waals surface area contributed by atoms with Crippen LogP contribution in [0.25, 0.3) is 21.9 Å². The maximum atomic E-state index is 14.5. The van der Waals surface area contributed by atoms with Crippen molar-refractivity contribution in [2.24, 2.45) is 0 Å². The lowest BCUT2D eigenvalue weighted by Crippen LogP contribution is -2.19. The SMILES string of the molecule is C=CCCc1ccc(-c2ccc3c(F)c(OC(F)(F)F)c(F)cc3c2)c(F)c1. The highest BCUT2D eigenvalue weighted by molar-refractivity contribution is 5.89. The van der Waals surface area contributed by atoms with Crippen molar-refractivity contribution in [2.45, 2.75) is 19.2 Å². The molecular weight excluding hydrogens is 382 g/mol. The van der Waals surface area contributed by atoms with Crippen molar-refractivity contribution in [3.63, 3.8) is 0 Å². The molecule has 0 atom stereocenters. The fourth-order valence-corrected chi connectivity index (χ4v) is 2.91. The van der Waals surface area contributed by atoms with Gasteiger partial charge in [-0.15, -0.1) is 19.8 Å². The Morgan fingerprint density at radius 2 is 1.68 bits per heavy atom. The number of halogens is 6. The summed E-state index contributed by atoms with van der Waals surface area (Å²) in [6, 6.07) is 9.18. The van der Waals surface area contributed by atoms with Crippen molar-refractivity contribution >= 4 is 10.8 Å². The van der Waals surface area contributed by atoms with Crippen molar-refractivity contribution in [3.8, 4) is 16.9 Å². The zero-order valence-corrected chi connectivity index (χ0v) is 14.4. The Hall–Kier alpha value is -2.96. The molecule has 0 heterocycles. The minimum Gasteiger partial charge on any atom is -0.399 e. The van der Waals surface area contributed by atoms with Gasteiger partial charge in [0, 0.05) is 10.9 Å². The van der Waals surface area contributed by atoms with Gasteiger partial charge >= 0.3 is 6.36 Å². The Morgan fingerprint density at radius 1 is 0.929 bits per heavy atom. The number of allylic oxidation sites excluding steroid dienone is 1. The summed E-state index contributed by atoms with van der Waals surface area (Å²) in [4.78, 5) is 0. The Kier molecular flexibility index (Phi) is 5.36. The highest BCUT2D eigenvalue weighted by atomic mass is 19.4. The average molecular weight is 396 g/mol. The van der Waals surface area contributed by atoms with Gasteiger partial charge in [-0.05, 0) is 47.6 Å². The van der Waals surface area contributed by atoms with E-state index < -0.39 is 29.6 Å². The summed E-state index contributed by atoms with van der Waals surface area (Å²) in [5.74, 6) is -5.01. The third-order valence-electron chi connectivity index (χ3n) is 4.19. The third kappa shape index (κ3) is 4.13. The summed E-state index contributed by atoms with van der Waals surface area (Å²) in [6.07, 6.45) is -2.20. The van der Waals surface area contributed by atoms with Crippen LogP contribution in [0.15, 0.2) is 55.1 Å². The Balaban J connectivity index is 2.03. The van der Waals surface area contributed by atoms with Gasteiger partial charge < -0.3 is 4.74 Å². The molecule has 28 heavy (non-hydrogen) atoms. The number of hydrogen-bond donors (Lipinski definition) is 0. The van der Waals surface area contributed by atoms with Crippen molar-refractivity contribution in [1.82, 2.24) is 0 Å². The van der Waals surface area contributed by atoms with Gasteiger partial charge in [0.15, 0.2) is 11.6 Å². The van der Waals surface area contributed by atoms with E-state index in [9.17, 15) is 26.3 Å². The molecule has 0 spiro atoms. The summed E-state index contributed by atoms with van der Waals surface area (Å²) < 4.78 is 83.1. The molecule has 0 aliphatic carbocycles. The minimum atomic E-state index is -5.23. The zero-order chi connectivity index (χ0) is 20.5. The van der Waals surface area contributed by atoms with Gasteiger partial charge in [0.05, 0.1) is 0 Å². The lowest BCUT2D eigenvalue weighted by atomic mass is 9.98. The smallest absolute Gasteiger partial charge is 0.399 e. The Bertz CT molecular complexity index is 1040. The molecule has 0 radical (unpaired) electrons. The van der Waals surface area contributed by atoms with Gasteiger partial charge in [0.2, 0.25) is 5.75 Å². The molecule has 3 aromatic carbocycles. The van der Waals surface area contributed by atoms with Crippen molar-refractivity contribution in [3.05, 3.63) is 78.1 Å². The second kappa shape index (κ2) is 7.58. The number of rotatable bonds is 5. The second-order valence-corrected chi connectivity index (χ2v) is 6.13. The molecule has 0 fully saturated rings. The molecule has 7 heteroatoms. The van der Waals surface area contributed by atoms with Gasteiger partial charge in [0.1, 0.15) is 5.82 Å². The quantitative estimate of drug-likeness (QED) is 0.335. The van der Waals surface area contributed by atoms with E-state index in [1.54, 1.807) is 18.2 Å². The average Bonchev–Trinajstić information content (AvgIpc) is 2.62. The molecule has 3 aromatic rings. The number of ether oxygens (including phenoxy) is 1. The highest BCUT2D eigenvalue weighted by Crippen LogP contribution is 2.35. The molecular formula is C21H14F6O. The summed E-state index contributed by atoms with van der Waals surface area (Å²) in [7, 11) is 0. The molecule has 0 saturated carbocycles. The first kappa shape index (κ1) is 19.8. The number of benzene rings is 3. The van der Waals surface area contributed by atoms with Crippen LogP contribution in [-0.2, 0) is 6.42 Å². The molecule has 0 bridgehead atoms. The van der Waals surface area contributed by atoms with E-state index in [-0.39, 0.29) is 16.3 Å². The summed E-state index contributed by atoms with van der Waals surface area (Å²) in [5, 5.41) is -0.287. The maximum absolute atomic E-state index is 14.5. The standard InChI is InChI=1S/C21H14F6O/c1-2-3-4-12-5-7-15(17(22)9-12)13-6-8-16-14(10-13)11-18(23)20(19(16)24)28-21(25,26)27/h2,5-11H,1,3-4H2. The first-order valence-electron chi connectivity index (χ1n) is 8.27. The number of hydrogen-bond acceptors (Lipinski definition) is 1. The molecule has 1 nitrogen and oxygen atoms in total. The van der Waals surface area contributed by atoms with Crippen LogP contribution < -0.4 is 4.74 Å². The van der Waals surface area contributed by atoms with Crippen LogP contribution in [0.3, 0.4) is 0 Å². The van der Waals surface area contributed by atoms with E-state index in [4.69, 9.17) is 0 Å². The van der Waals surface area contributed by atoms with Crippen molar-refractivity contribution in [2.75, 3.05) is 0 Å². The van der Waals surface area contributed by atoms with Gasteiger partial charge in [-0.25, -0.2) is 13.2 Å². The maximum Gasteiger partial charge on any atom is 0.573 e. The summed E-state index contributed by atoms with van der Waals surface area (Å²) in [5.41, 5.74) is 1.32. The molecule has 0 aliphatic rings. The van der Waals surface area contributed by atoms with Crippen LogP contribution in [0.5, 0.6) is 5.75 Å². The molecule has 0 saturated heterocycles. The van der Waals surface area contributed by atoms with Gasteiger partial charge in [-0.1, -0.05) is 30.3 Å². The van der Waals surface area contributed by atoms with Crippen LogP contribution in [0.2, 0.25) is 0 Å². The lowest BCUT2D eigenvalue weighted by Gasteiger charge is -2.13. The molecule has 0 N–H and O–H groups in total. The van der Waals surface area contributed by atoms with Crippen molar-refractivity contribution in [1.29, 1.82) is 0 Å². The van der Waals surface area contributed by atoms with Gasteiger partial charge in [0.25, 0.3) is 0 Å². The fourth-order valence-electron chi connectivity index (χ4n) is 2.91. The van der Waals surface area contributed by atoms with Crippen LogP contribution in [0, 0.1) is 17.5 Å². The molecule has 0 aliphatic heterocycles. The Labute approximate surface area is 156 Å². The zero-order valence-electron chi connectivity index (χ0n) is 14.4. The van der Waals surface area contributed by atoms with Crippen LogP contribution in [0.4, 0.5) is 26.3 Å².